The number of hydrogen-bond acceptors (Lipinski definition) is 9. The number of aromatic nitrogens is 7. The van der Waals surface area contributed by atoms with Gasteiger partial charge in [0.05, 0.1) is 42.9 Å². The molecule has 186 valence electrons. The summed E-state index contributed by atoms with van der Waals surface area (Å²) >= 11 is 0. The number of H-pyrrole nitrogens is 1. The van der Waals surface area contributed by atoms with Crippen molar-refractivity contribution in [3.8, 4) is 22.8 Å². The molecule has 0 unspecified atom stereocenters. The molecule has 0 bridgehead atoms. The van der Waals surface area contributed by atoms with Crippen LogP contribution in [0.3, 0.4) is 0 Å². The van der Waals surface area contributed by atoms with Gasteiger partial charge in [0.15, 0.2) is 5.69 Å². The molecule has 5 heterocycles. The van der Waals surface area contributed by atoms with Gasteiger partial charge in [0.2, 0.25) is 5.89 Å². The molecule has 2 N–H and O–H groups in total. The van der Waals surface area contributed by atoms with Crippen LogP contribution in [-0.4, -0.2) is 78.1 Å². The third-order valence-electron chi connectivity index (χ3n) is 6.87. The van der Waals surface area contributed by atoms with Crippen LogP contribution in [0.15, 0.2) is 47.9 Å². The third-order valence-corrected chi connectivity index (χ3v) is 6.87. The number of rotatable bonds is 6. The Morgan fingerprint density at radius 1 is 1.08 bits per heavy atom. The smallest absolute Gasteiger partial charge is 0.277 e. The highest BCUT2D eigenvalue weighted by molar-refractivity contribution is 6.04. The molecule has 36 heavy (non-hydrogen) atoms. The van der Waals surface area contributed by atoms with Crippen LogP contribution in [0.5, 0.6) is 0 Å². The Labute approximate surface area is 207 Å². The van der Waals surface area contributed by atoms with Crippen molar-refractivity contribution in [3.05, 3.63) is 49.1 Å². The molecular weight excluding hydrogens is 462 g/mol. The van der Waals surface area contributed by atoms with E-state index in [9.17, 15) is 4.79 Å². The predicted molar refractivity (Wildman–Crippen MR) is 129 cm³/mol. The molecule has 12 heteroatoms. The minimum absolute atomic E-state index is 0.162. The fourth-order valence-corrected chi connectivity index (χ4v) is 4.98. The summed E-state index contributed by atoms with van der Waals surface area (Å²) in [5.74, 6) is -0.0787. The number of carbonyl (C=O) groups is 1. The van der Waals surface area contributed by atoms with Gasteiger partial charge in [-0.15, -0.1) is 0 Å². The quantitative estimate of drug-likeness (QED) is 0.418. The summed E-state index contributed by atoms with van der Waals surface area (Å²) in [6.45, 7) is 3.65. The first-order valence-corrected chi connectivity index (χ1v) is 12.2. The molecule has 0 radical (unpaired) electrons. The number of anilines is 1. The Morgan fingerprint density at radius 2 is 1.92 bits per heavy atom. The van der Waals surface area contributed by atoms with E-state index in [1.807, 2.05) is 10.9 Å². The van der Waals surface area contributed by atoms with Crippen molar-refractivity contribution >= 4 is 11.6 Å². The van der Waals surface area contributed by atoms with Crippen LogP contribution in [0.1, 0.15) is 42.2 Å². The SMILES string of the molecule is O=C(Nc1cn([C@H]2CC[C@H](N3CCOCC3)CC2)nc1-c1cnccn1)c1coc(-c2cn[nH]c2)n1. The number of nitrogens with one attached hydrogen (secondary N) is 2. The van der Waals surface area contributed by atoms with Gasteiger partial charge in [-0.1, -0.05) is 0 Å². The molecule has 1 aliphatic carbocycles. The molecule has 0 atom stereocenters. The van der Waals surface area contributed by atoms with E-state index in [0.717, 1.165) is 52.0 Å². The summed E-state index contributed by atoms with van der Waals surface area (Å²) in [7, 11) is 0. The molecular formula is C24H27N9O3. The van der Waals surface area contributed by atoms with Crippen molar-refractivity contribution in [1.82, 2.24) is 39.8 Å². The molecule has 2 fully saturated rings. The van der Waals surface area contributed by atoms with Crippen molar-refractivity contribution in [2.75, 3.05) is 31.6 Å². The summed E-state index contributed by atoms with van der Waals surface area (Å²) in [5.41, 5.74) is 2.55. The molecule has 1 saturated heterocycles. The van der Waals surface area contributed by atoms with Crippen LogP contribution in [0.25, 0.3) is 22.8 Å². The molecule has 2 aliphatic rings. The molecule has 6 rings (SSSR count). The predicted octanol–water partition coefficient (Wildman–Crippen LogP) is 2.79. The van der Waals surface area contributed by atoms with E-state index >= 15 is 0 Å². The Bertz CT molecular complexity index is 1290. The highest BCUT2D eigenvalue weighted by Crippen LogP contribution is 2.34. The standard InChI is InChI=1S/C24H27N9O3/c34-23(21-15-36-24(30-21)16-11-27-28-12-16)29-20-14-33(31-22(20)19-13-25-5-6-26-19)18-3-1-17(2-4-18)32-7-9-35-10-8-32/h5-6,11-15,17-18H,1-4,7-10H2,(H,27,28)(H,29,34)/t17-,18-. The highest BCUT2D eigenvalue weighted by atomic mass is 16.5. The van der Waals surface area contributed by atoms with E-state index in [2.05, 4.69) is 35.4 Å². The fraction of sp³-hybridized carbons (Fsp3) is 0.417. The Kier molecular flexibility index (Phi) is 6.26. The van der Waals surface area contributed by atoms with Crippen LogP contribution in [0.2, 0.25) is 0 Å². The fourth-order valence-electron chi connectivity index (χ4n) is 4.98. The van der Waals surface area contributed by atoms with Crippen LogP contribution < -0.4 is 5.32 Å². The van der Waals surface area contributed by atoms with Gasteiger partial charge in [0, 0.05) is 43.9 Å². The second kappa shape index (κ2) is 9.99. The second-order valence-electron chi connectivity index (χ2n) is 9.05. The third kappa shape index (κ3) is 4.64. The van der Waals surface area contributed by atoms with Crippen molar-refractivity contribution in [3.63, 3.8) is 0 Å². The first-order chi connectivity index (χ1) is 17.7. The molecule has 1 amide bonds. The first-order valence-electron chi connectivity index (χ1n) is 12.2. The van der Waals surface area contributed by atoms with Gasteiger partial charge >= 0.3 is 0 Å². The normalized spacial score (nSPS) is 20.9. The van der Waals surface area contributed by atoms with E-state index in [1.165, 1.54) is 6.26 Å². The Morgan fingerprint density at radius 3 is 2.67 bits per heavy atom. The summed E-state index contributed by atoms with van der Waals surface area (Å²) < 4.78 is 12.9. The van der Waals surface area contributed by atoms with Gasteiger partial charge in [-0.3, -0.25) is 29.4 Å². The number of morpholine rings is 1. The van der Waals surface area contributed by atoms with Gasteiger partial charge in [-0.05, 0) is 25.7 Å². The maximum absolute atomic E-state index is 13.0. The summed E-state index contributed by atoms with van der Waals surface area (Å²) in [6, 6.07) is 0.846. The zero-order chi connectivity index (χ0) is 24.3. The molecule has 4 aromatic rings. The van der Waals surface area contributed by atoms with E-state index in [1.54, 1.807) is 31.0 Å². The van der Waals surface area contributed by atoms with E-state index < -0.39 is 5.91 Å². The molecule has 1 aliphatic heterocycles. The maximum atomic E-state index is 13.0. The lowest BCUT2D eigenvalue weighted by atomic mass is 9.90. The Hall–Kier alpha value is -3.90. The van der Waals surface area contributed by atoms with Crippen LogP contribution in [-0.2, 0) is 4.74 Å². The van der Waals surface area contributed by atoms with Crippen molar-refractivity contribution in [2.24, 2.45) is 0 Å². The summed E-state index contributed by atoms with van der Waals surface area (Å²) in [5, 5.41) is 14.4. The van der Waals surface area contributed by atoms with Crippen LogP contribution in [0, 0.1) is 0 Å². The summed E-state index contributed by atoms with van der Waals surface area (Å²) in [4.78, 5) is 28.5. The zero-order valence-electron chi connectivity index (χ0n) is 19.7. The number of carbonyl (C=O) groups excluding carboxylic acids is 1. The number of aromatic amines is 1. The average Bonchev–Trinajstić information content (AvgIpc) is 3.71. The molecule has 1 saturated carbocycles. The number of amides is 1. The summed E-state index contributed by atoms with van der Waals surface area (Å²) in [6.07, 6.45) is 15.6. The minimum atomic E-state index is -0.394. The minimum Gasteiger partial charge on any atom is -0.444 e. The van der Waals surface area contributed by atoms with Gasteiger partial charge in [-0.25, -0.2) is 4.98 Å². The van der Waals surface area contributed by atoms with Gasteiger partial charge < -0.3 is 14.5 Å². The number of hydrogen-bond donors (Lipinski definition) is 2. The second-order valence-corrected chi connectivity index (χ2v) is 9.05. The monoisotopic (exact) mass is 489 g/mol. The van der Waals surface area contributed by atoms with E-state index in [4.69, 9.17) is 14.3 Å². The molecule has 12 nitrogen and oxygen atoms in total. The lowest BCUT2D eigenvalue weighted by Gasteiger charge is -2.38. The lowest BCUT2D eigenvalue weighted by molar-refractivity contribution is 0.00507. The van der Waals surface area contributed by atoms with Gasteiger partial charge in [0.25, 0.3) is 5.91 Å². The Balaban J connectivity index is 1.21. The first kappa shape index (κ1) is 22.6. The highest BCUT2D eigenvalue weighted by Gasteiger charge is 2.29. The van der Waals surface area contributed by atoms with Crippen LogP contribution >= 0.6 is 0 Å². The van der Waals surface area contributed by atoms with Gasteiger partial charge in [0.1, 0.15) is 17.7 Å². The number of ether oxygens (including phenoxy) is 1. The van der Waals surface area contributed by atoms with Crippen molar-refractivity contribution in [1.29, 1.82) is 0 Å². The van der Waals surface area contributed by atoms with E-state index in [-0.39, 0.29) is 11.7 Å². The van der Waals surface area contributed by atoms with Crippen molar-refractivity contribution in [2.45, 2.75) is 37.8 Å². The van der Waals surface area contributed by atoms with Gasteiger partial charge in [-0.2, -0.15) is 10.2 Å². The number of nitrogens with zero attached hydrogens (tertiary/aromatic N) is 7. The topological polar surface area (TPSA) is 140 Å². The largest absolute Gasteiger partial charge is 0.444 e. The van der Waals surface area contributed by atoms with Crippen molar-refractivity contribution < 1.29 is 13.9 Å². The molecule has 0 aromatic carbocycles. The van der Waals surface area contributed by atoms with E-state index in [0.29, 0.717) is 34.6 Å². The lowest BCUT2D eigenvalue weighted by Crippen LogP contribution is -2.45. The number of oxazole rings is 1. The zero-order valence-corrected chi connectivity index (χ0v) is 19.7. The van der Waals surface area contributed by atoms with Crippen LogP contribution in [0.4, 0.5) is 5.69 Å². The molecule has 4 aromatic heterocycles. The average molecular weight is 490 g/mol. The maximum Gasteiger partial charge on any atom is 0.277 e. The molecule has 0 spiro atoms.